The molecule has 0 spiro atoms. The van der Waals surface area contributed by atoms with Crippen LogP contribution < -0.4 is 4.90 Å². The summed E-state index contributed by atoms with van der Waals surface area (Å²) < 4.78 is 1.02. The average Bonchev–Trinajstić information content (AvgIpc) is 2.69. The van der Waals surface area contributed by atoms with Crippen LogP contribution in [0.25, 0.3) is 10.8 Å². The summed E-state index contributed by atoms with van der Waals surface area (Å²) in [5.41, 5.74) is 0.938. The van der Waals surface area contributed by atoms with Crippen LogP contribution >= 0.6 is 31.9 Å². The second-order valence-corrected chi connectivity index (χ2v) is 6.44. The first-order valence-corrected chi connectivity index (χ1v) is 7.34. The number of rotatable bonds is 1. The molecule has 0 bridgehead atoms. The minimum absolute atomic E-state index is 0.157. The zero-order valence-corrected chi connectivity index (χ0v) is 12.6. The summed E-state index contributed by atoms with van der Waals surface area (Å²) in [5, 5.41) is 2.08. The Morgan fingerprint density at radius 3 is 2.83 bits per heavy atom. The fourth-order valence-corrected chi connectivity index (χ4v) is 3.32. The molecule has 2 heterocycles. The van der Waals surface area contributed by atoms with Crippen molar-refractivity contribution in [1.82, 2.24) is 4.98 Å². The number of alkyl halides is 1. The largest absolute Gasteiger partial charge is 0.311 e. The molecule has 1 unspecified atom stereocenters. The molecule has 0 radical (unpaired) electrons. The maximum absolute atomic E-state index is 12.0. The molecule has 0 N–H and O–H groups in total. The third-order valence-corrected chi connectivity index (χ3v) is 4.42. The van der Waals surface area contributed by atoms with Gasteiger partial charge in [0.2, 0.25) is 5.91 Å². The van der Waals surface area contributed by atoms with Crippen LogP contribution in [0.2, 0.25) is 0 Å². The quantitative estimate of drug-likeness (QED) is 0.721. The average molecular weight is 370 g/mol. The molecule has 5 heteroatoms. The van der Waals surface area contributed by atoms with E-state index >= 15 is 0 Å². The lowest BCUT2D eigenvalue weighted by molar-refractivity contribution is -0.117. The maximum Gasteiger partial charge on any atom is 0.228 e. The lowest BCUT2D eigenvalue weighted by Crippen LogP contribution is -2.24. The Kier molecular flexibility index (Phi) is 3.11. The van der Waals surface area contributed by atoms with Gasteiger partial charge in [-0.2, -0.15) is 0 Å². The molecule has 18 heavy (non-hydrogen) atoms. The lowest BCUT2D eigenvalue weighted by Gasteiger charge is -2.18. The predicted octanol–water partition coefficient (Wildman–Crippen LogP) is 3.50. The summed E-state index contributed by atoms with van der Waals surface area (Å²) in [5.74, 6) is 0.157. The molecule has 1 aromatic heterocycles. The van der Waals surface area contributed by atoms with Gasteiger partial charge in [-0.3, -0.25) is 9.78 Å². The Bertz CT molecular complexity index is 629. The van der Waals surface area contributed by atoms with Gasteiger partial charge >= 0.3 is 0 Å². The maximum atomic E-state index is 12.0. The van der Waals surface area contributed by atoms with Crippen molar-refractivity contribution >= 4 is 54.2 Å². The Morgan fingerprint density at radius 1 is 1.28 bits per heavy atom. The van der Waals surface area contributed by atoms with E-state index in [1.54, 1.807) is 6.20 Å². The topological polar surface area (TPSA) is 33.2 Å². The first-order chi connectivity index (χ1) is 8.66. The van der Waals surface area contributed by atoms with Crippen LogP contribution in [0.4, 0.5) is 5.69 Å². The number of aromatic nitrogens is 1. The van der Waals surface area contributed by atoms with E-state index in [9.17, 15) is 4.79 Å². The number of amides is 1. The molecule has 1 amide bonds. The van der Waals surface area contributed by atoms with Gasteiger partial charge in [0.1, 0.15) is 0 Å². The van der Waals surface area contributed by atoms with E-state index in [1.807, 2.05) is 29.3 Å². The highest BCUT2D eigenvalue weighted by atomic mass is 79.9. The van der Waals surface area contributed by atoms with Gasteiger partial charge in [-0.05, 0) is 18.2 Å². The number of hydrogen-bond acceptors (Lipinski definition) is 2. The number of fused-ring (bicyclic) bond motifs is 1. The zero-order chi connectivity index (χ0) is 12.7. The smallest absolute Gasteiger partial charge is 0.228 e. The third kappa shape index (κ3) is 1.95. The fraction of sp³-hybridized carbons (Fsp3) is 0.231. The van der Waals surface area contributed by atoms with Gasteiger partial charge < -0.3 is 4.90 Å². The van der Waals surface area contributed by atoms with Crippen molar-refractivity contribution in [2.45, 2.75) is 11.2 Å². The molecule has 92 valence electrons. The molecular formula is C13H10Br2N2O. The van der Waals surface area contributed by atoms with Crippen LogP contribution in [0.3, 0.4) is 0 Å². The van der Waals surface area contributed by atoms with Gasteiger partial charge in [0.15, 0.2) is 0 Å². The van der Waals surface area contributed by atoms with Crippen molar-refractivity contribution in [2.75, 3.05) is 11.4 Å². The van der Waals surface area contributed by atoms with Gasteiger partial charge in [-0.15, -0.1) is 0 Å². The van der Waals surface area contributed by atoms with Crippen molar-refractivity contribution in [3.63, 3.8) is 0 Å². The molecule has 1 aliphatic heterocycles. The molecule has 1 aromatic carbocycles. The summed E-state index contributed by atoms with van der Waals surface area (Å²) in [6.45, 7) is 0.713. The lowest BCUT2D eigenvalue weighted by atomic mass is 10.1. The minimum Gasteiger partial charge on any atom is -0.311 e. The molecule has 0 saturated carbocycles. The van der Waals surface area contributed by atoms with Crippen LogP contribution in [0.1, 0.15) is 6.42 Å². The van der Waals surface area contributed by atoms with E-state index in [0.29, 0.717) is 13.0 Å². The Labute approximate surface area is 121 Å². The van der Waals surface area contributed by atoms with E-state index in [1.165, 1.54) is 0 Å². The van der Waals surface area contributed by atoms with Crippen LogP contribution in [0, 0.1) is 0 Å². The first-order valence-electron chi connectivity index (χ1n) is 5.63. The van der Waals surface area contributed by atoms with Gasteiger partial charge in [0.05, 0.1) is 5.69 Å². The Morgan fingerprint density at radius 2 is 2.11 bits per heavy atom. The third-order valence-electron chi connectivity index (χ3n) is 3.11. The minimum atomic E-state index is 0.157. The first kappa shape index (κ1) is 12.1. The number of anilines is 1. The SMILES string of the molecule is O=C1CC(Br)CN1c1ccc(Br)c2ccncc12. The standard InChI is InChI=1S/C13H10Br2N2O/c14-8-5-13(18)17(7-8)12-2-1-11(15)9-3-4-16-6-10(9)12/h1-4,6,8H,5,7H2. The van der Waals surface area contributed by atoms with E-state index in [-0.39, 0.29) is 10.7 Å². The van der Waals surface area contributed by atoms with Crippen LogP contribution in [0.5, 0.6) is 0 Å². The Balaban J connectivity index is 2.18. The van der Waals surface area contributed by atoms with Crippen LogP contribution in [0.15, 0.2) is 35.1 Å². The molecular weight excluding hydrogens is 360 g/mol. The van der Waals surface area contributed by atoms with Crippen molar-refractivity contribution in [3.05, 3.63) is 35.1 Å². The van der Waals surface area contributed by atoms with E-state index in [2.05, 4.69) is 36.8 Å². The number of nitrogens with zero attached hydrogens (tertiary/aromatic N) is 2. The fourth-order valence-electron chi connectivity index (χ4n) is 2.27. The van der Waals surface area contributed by atoms with E-state index in [4.69, 9.17) is 0 Å². The number of pyridine rings is 1. The second-order valence-electron chi connectivity index (χ2n) is 4.29. The summed E-state index contributed by atoms with van der Waals surface area (Å²) in [7, 11) is 0. The van der Waals surface area contributed by atoms with Gasteiger partial charge in [0, 0.05) is 45.4 Å². The van der Waals surface area contributed by atoms with Crippen molar-refractivity contribution in [1.29, 1.82) is 0 Å². The van der Waals surface area contributed by atoms with Crippen molar-refractivity contribution in [2.24, 2.45) is 0 Å². The molecule has 1 aliphatic rings. The Hall–Kier alpha value is -0.940. The molecule has 3 nitrogen and oxygen atoms in total. The molecule has 1 atom stereocenters. The normalized spacial score (nSPS) is 19.8. The number of carbonyl (C=O) groups is 1. The van der Waals surface area contributed by atoms with Gasteiger partial charge in [-0.1, -0.05) is 31.9 Å². The number of benzene rings is 1. The summed E-state index contributed by atoms with van der Waals surface area (Å²) in [4.78, 5) is 18.2. The second kappa shape index (κ2) is 4.63. The van der Waals surface area contributed by atoms with Crippen molar-refractivity contribution < 1.29 is 4.79 Å². The van der Waals surface area contributed by atoms with E-state index in [0.717, 1.165) is 20.9 Å². The van der Waals surface area contributed by atoms with Crippen LogP contribution in [-0.4, -0.2) is 22.3 Å². The van der Waals surface area contributed by atoms with Crippen LogP contribution in [-0.2, 0) is 4.79 Å². The number of hydrogen-bond donors (Lipinski definition) is 0. The van der Waals surface area contributed by atoms with E-state index < -0.39 is 0 Å². The molecule has 1 saturated heterocycles. The van der Waals surface area contributed by atoms with Gasteiger partial charge in [0.25, 0.3) is 0 Å². The molecule has 3 rings (SSSR count). The molecule has 1 fully saturated rings. The number of halogens is 2. The highest BCUT2D eigenvalue weighted by Crippen LogP contribution is 2.34. The highest BCUT2D eigenvalue weighted by molar-refractivity contribution is 9.10. The molecule has 0 aliphatic carbocycles. The zero-order valence-electron chi connectivity index (χ0n) is 9.44. The molecule has 2 aromatic rings. The summed E-state index contributed by atoms with van der Waals surface area (Å²) in [6.07, 6.45) is 4.12. The monoisotopic (exact) mass is 368 g/mol. The predicted molar refractivity (Wildman–Crippen MR) is 79.1 cm³/mol. The summed E-state index contributed by atoms with van der Waals surface area (Å²) >= 11 is 7.03. The highest BCUT2D eigenvalue weighted by Gasteiger charge is 2.29. The number of carbonyl (C=O) groups excluding carboxylic acids is 1. The summed E-state index contributed by atoms with van der Waals surface area (Å²) in [6, 6.07) is 5.90. The van der Waals surface area contributed by atoms with Crippen molar-refractivity contribution in [3.8, 4) is 0 Å². The van der Waals surface area contributed by atoms with Gasteiger partial charge in [-0.25, -0.2) is 0 Å².